The van der Waals surface area contributed by atoms with Crippen molar-refractivity contribution in [3.05, 3.63) is 29.1 Å². The number of carbonyl (C=O) groups is 1. The Bertz CT molecular complexity index is 373. The van der Waals surface area contributed by atoms with E-state index in [9.17, 15) is 9.18 Å². The Balaban J connectivity index is 2.63. The predicted octanol–water partition coefficient (Wildman–Crippen LogP) is 2.13. The molecule has 0 spiro atoms. The van der Waals surface area contributed by atoms with Gasteiger partial charge in [0.15, 0.2) is 5.78 Å². The fourth-order valence-electron chi connectivity index (χ4n) is 1.52. The number of anilines is 1. The van der Waals surface area contributed by atoms with E-state index in [0.29, 0.717) is 29.8 Å². The van der Waals surface area contributed by atoms with E-state index in [0.717, 1.165) is 0 Å². The minimum Gasteiger partial charge on any atom is -0.382 e. The number of aryl methyl sites for hydroxylation is 1. The SMILES string of the molecule is Cc1ccc2c(c1F)NCCC2=O. The van der Waals surface area contributed by atoms with Crippen LogP contribution in [-0.4, -0.2) is 12.3 Å². The maximum atomic E-state index is 13.4. The van der Waals surface area contributed by atoms with Crippen LogP contribution >= 0.6 is 0 Å². The first-order chi connectivity index (χ1) is 6.20. The summed E-state index contributed by atoms with van der Waals surface area (Å²) in [4.78, 5) is 11.3. The van der Waals surface area contributed by atoms with Crippen LogP contribution in [0.15, 0.2) is 12.1 Å². The molecular formula is C10H10FNO. The van der Waals surface area contributed by atoms with Crippen molar-refractivity contribution < 1.29 is 9.18 Å². The first-order valence-electron chi connectivity index (χ1n) is 4.26. The minimum absolute atomic E-state index is 0.0210. The highest BCUT2D eigenvalue weighted by molar-refractivity contribution is 6.03. The highest BCUT2D eigenvalue weighted by Crippen LogP contribution is 2.26. The summed E-state index contributed by atoms with van der Waals surface area (Å²) in [6.45, 7) is 2.22. The van der Waals surface area contributed by atoms with E-state index < -0.39 is 0 Å². The Kier molecular flexibility index (Phi) is 1.79. The lowest BCUT2D eigenvalue weighted by molar-refractivity contribution is 0.0983. The monoisotopic (exact) mass is 179 g/mol. The normalized spacial score (nSPS) is 15.1. The number of nitrogens with one attached hydrogen (secondary N) is 1. The number of Topliss-reactive ketones (excluding diaryl/α,β-unsaturated/α-hetero) is 1. The van der Waals surface area contributed by atoms with Crippen LogP contribution in [-0.2, 0) is 0 Å². The minimum atomic E-state index is -0.300. The fraction of sp³-hybridized carbons (Fsp3) is 0.300. The van der Waals surface area contributed by atoms with Gasteiger partial charge >= 0.3 is 0 Å². The molecule has 1 aromatic carbocycles. The molecule has 1 heterocycles. The Morgan fingerprint density at radius 3 is 3.00 bits per heavy atom. The van der Waals surface area contributed by atoms with Gasteiger partial charge in [0.2, 0.25) is 0 Å². The smallest absolute Gasteiger partial charge is 0.166 e. The molecule has 0 fully saturated rings. The molecule has 0 saturated carbocycles. The molecule has 1 aliphatic heterocycles. The van der Waals surface area contributed by atoms with Crippen LogP contribution in [0.2, 0.25) is 0 Å². The molecule has 2 nitrogen and oxygen atoms in total. The van der Waals surface area contributed by atoms with Gasteiger partial charge in [-0.2, -0.15) is 0 Å². The van der Waals surface area contributed by atoms with Crippen molar-refractivity contribution in [1.82, 2.24) is 0 Å². The molecule has 0 atom stereocenters. The van der Waals surface area contributed by atoms with Crippen molar-refractivity contribution in [2.24, 2.45) is 0 Å². The van der Waals surface area contributed by atoms with Crippen molar-refractivity contribution in [3.8, 4) is 0 Å². The van der Waals surface area contributed by atoms with E-state index in [1.54, 1.807) is 19.1 Å². The molecule has 0 aliphatic carbocycles. The number of rotatable bonds is 0. The van der Waals surface area contributed by atoms with Gasteiger partial charge in [0.1, 0.15) is 5.82 Å². The fourth-order valence-corrected chi connectivity index (χ4v) is 1.52. The first kappa shape index (κ1) is 8.23. The van der Waals surface area contributed by atoms with Crippen LogP contribution in [0.1, 0.15) is 22.3 Å². The van der Waals surface area contributed by atoms with Gasteiger partial charge in [0.05, 0.1) is 5.69 Å². The van der Waals surface area contributed by atoms with E-state index in [-0.39, 0.29) is 11.6 Å². The summed E-state index contributed by atoms with van der Waals surface area (Å²) in [6.07, 6.45) is 0.454. The van der Waals surface area contributed by atoms with Gasteiger partial charge < -0.3 is 5.32 Å². The van der Waals surface area contributed by atoms with Crippen molar-refractivity contribution in [2.75, 3.05) is 11.9 Å². The molecule has 68 valence electrons. The van der Waals surface area contributed by atoms with E-state index in [1.165, 1.54) is 0 Å². The Hall–Kier alpha value is -1.38. The molecule has 1 N–H and O–H groups in total. The lowest BCUT2D eigenvalue weighted by atomic mass is 10.00. The number of ketones is 1. The number of carbonyl (C=O) groups excluding carboxylic acids is 1. The van der Waals surface area contributed by atoms with Crippen molar-refractivity contribution in [1.29, 1.82) is 0 Å². The van der Waals surface area contributed by atoms with Gasteiger partial charge in [-0.15, -0.1) is 0 Å². The summed E-state index contributed by atoms with van der Waals surface area (Å²) in [7, 11) is 0. The molecule has 0 radical (unpaired) electrons. The highest BCUT2D eigenvalue weighted by Gasteiger charge is 2.20. The Morgan fingerprint density at radius 1 is 1.46 bits per heavy atom. The largest absolute Gasteiger partial charge is 0.382 e. The summed E-state index contributed by atoms with van der Waals surface area (Å²) in [5.74, 6) is -0.279. The van der Waals surface area contributed by atoms with Crippen LogP contribution in [0.4, 0.5) is 10.1 Å². The molecule has 0 bridgehead atoms. The molecule has 3 heteroatoms. The molecule has 13 heavy (non-hydrogen) atoms. The summed E-state index contributed by atoms with van der Waals surface area (Å²) in [5.41, 5.74) is 1.42. The van der Waals surface area contributed by atoms with Gasteiger partial charge in [-0.1, -0.05) is 6.07 Å². The third kappa shape index (κ3) is 1.20. The first-order valence-corrected chi connectivity index (χ1v) is 4.26. The second kappa shape index (κ2) is 2.83. The highest BCUT2D eigenvalue weighted by atomic mass is 19.1. The summed E-state index contributed by atoms with van der Waals surface area (Å²) < 4.78 is 13.4. The third-order valence-electron chi connectivity index (χ3n) is 2.29. The molecular weight excluding hydrogens is 169 g/mol. The number of halogens is 1. The van der Waals surface area contributed by atoms with E-state index >= 15 is 0 Å². The third-order valence-corrected chi connectivity index (χ3v) is 2.29. The molecule has 0 amide bonds. The zero-order chi connectivity index (χ0) is 9.42. The van der Waals surface area contributed by atoms with E-state index in [1.807, 2.05) is 0 Å². The van der Waals surface area contributed by atoms with Crippen LogP contribution in [0, 0.1) is 12.7 Å². The van der Waals surface area contributed by atoms with Crippen LogP contribution < -0.4 is 5.32 Å². The van der Waals surface area contributed by atoms with Gasteiger partial charge in [0, 0.05) is 18.5 Å². The topological polar surface area (TPSA) is 29.1 Å². The second-order valence-electron chi connectivity index (χ2n) is 3.22. The summed E-state index contributed by atoms with van der Waals surface area (Å²) in [6, 6.07) is 3.32. The Morgan fingerprint density at radius 2 is 2.23 bits per heavy atom. The quantitative estimate of drug-likeness (QED) is 0.661. The zero-order valence-corrected chi connectivity index (χ0v) is 7.36. The summed E-state index contributed by atoms with van der Waals surface area (Å²) >= 11 is 0. The molecule has 1 aromatic rings. The molecule has 0 saturated heterocycles. The maximum Gasteiger partial charge on any atom is 0.166 e. The number of hydrogen-bond donors (Lipinski definition) is 1. The number of benzene rings is 1. The van der Waals surface area contributed by atoms with Gasteiger partial charge in [-0.25, -0.2) is 4.39 Å². The molecule has 1 aliphatic rings. The van der Waals surface area contributed by atoms with Crippen LogP contribution in [0.5, 0.6) is 0 Å². The van der Waals surface area contributed by atoms with E-state index in [2.05, 4.69) is 5.32 Å². The summed E-state index contributed by atoms with van der Waals surface area (Å²) in [5, 5.41) is 2.91. The molecule has 2 rings (SSSR count). The van der Waals surface area contributed by atoms with E-state index in [4.69, 9.17) is 0 Å². The van der Waals surface area contributed by atoms with Crippen LogP contribution in [0.3, 0.4) is 0 Å². The zero-order valence-electron chi connectivity index (χ0n) is 7.36. The lowest BCUT2D eigenvalue weighted by Gasteiger charge is -2.18. The van der Waals surface area contributed by atoms with Gasteiger partial charge in [-0.3, -0.25) is 4.79 Å². The van der Waals surface area contributed by atoms with Crippen molar-refractivity contribution in [3.63, 3.8) is 0 Å². The molecule has 0 unspecified atom stereocenters. The van der Waals surface area contributed by atoms with Gasteiger partial charge in [-0.05, 0) is 18.6 Å². The number of hydrogen-bond acceptors (Lipinski definition) is 2. The molecule has 0 aromatic heterocycles. The standard InChI is InChI=1S/C10H10FNO/c1-6-2-3-7-8(13)4-5-12-10(7)9(6)11/h2-3,12H,4-5H2,1H3. The second-order valence-corrected chi connectivity index (χ2v) is 3.22. The lowest BCUT2D eigenvalue weighted by Crippen LogP contribution is -2.19. The maximum absolute atomic E-state index is 13.4. The Labute approximate surface area is 75.8 Å². The average Bonchev–Trinajstić information content (AvgIpc) is 2.12. The average molecular weight is 179 g/mol. The van der Waals surface area contributed by atoms with Crippen LogP contribution in [0.25, 0.3) is 0 Å². The van der Waals surface area contributed by atoms with Gasteiger partial charge in [0.25, 0.3) is 0 Å². The van der Waals surface area contributed by atoms with Crippen molar-refractivity contribution in [2.45, 2.75) is 13.3 Å². The predicted molar refractivity (Wildman–Crippen MR) is 48.6 cm³/mol. The number of fused-ring (bicyclic) bond motifs is 1. The van der Waals surface area contributed by atoms with Crippen molar-refractivity contribution >= 4 is 11.5 Å².